The van der Waals surface area contributed by atoms with Gasteiger partial charge in [-0.1, -0.05) is 0 Å². The number of ether oxygens (including phenoxy) is 3. The van der Waals surface area contributed by atoms with Crippen LogP contribution in [-0.4, -0.2) is 61.9 Å². The number of carbonyl (C=O) groups excluding carboxylic acids is 1. The molecular weight excluding hydrogens is 320 g/mol. The number of hydrogen-bond acceptors (Lipinski definition) is 4. The lowest BCUT2D eigenvalue weighted by molar-refractivity contribution is -0.158. The van der Waals surface area contributed by atoms with Crippen LogP contribution in [0, 0.1) is 0 Å². The van der Waals surface area contributed by atoms with Gasteiger partial charge in [0.2, 0.25) is 0 Å². The third-order valence-corrected chi connectivity index (χ3v) is 5.26. The molecule has 0 aliphatic carbocycles. The smallest absolute Gasteiger partial charge is 0.254 e. The molecule has 2 aliphatic rings. The minimum atomic E-state index is -0.428. The van der Waals surface area contributed by atoms with Crippen molar-refractivity contribution in [3.05, 3.63) is 30.0 Å². The van der Waals surface area contributed by atoms with Gasteiger partial charge in [0.05, 0.1) is 26.9 Å². The summed E-state index contributed by atoms with van der Waals surface area (Å²) in [5.41, 5.74) is 2.44. The Kier molecular flexibility index (Phi) is 4.63. The number of aromatic amines is 1. The number of nitrogens with zero attached hydrogens (tertiary/aromatic N) is 1. The number of hydrogen-bond donors (Lipinski definition) is 1. The first-order valence-electron chi connectivity index (χ1n) is 8.89. The van der Waals surface area contributed by atoms with Crippen molar-refractivity contribution >= 4 is 16.8 Å². The normalized spacial score (nSPS) is 22.3. The Bertz CT molecular complexity index is 743. The number of amides is 1. The molecule has 3 heterocycles. The molecule has 1 aromatic carbocycles. The summed E-state index contributed by atoms with van der Waals surface area (Å²) in [5.74, 6) is 1.39. The predicted molar refractivity (Wildman–Crippen MR) is 94.0 cm³/mol. The van der Waals surface area contributed by atoms with Crippen molar-refractivity contribution in [3.63, 3.8) is 0 Å². The molecule has 4 rings (SSSR count). The fourth-order valence-corrected chi connectivity index (χ4v) is 3.83. The molecule has 6 heteroatoms. The monoisotopic (exact) mass is 344 g/mol. The molecule has 0 radical (unpaired) electrons. The number of fused-ring (bicyclic) bond motifs is 1. The highest BCUT2D eigenvalue weighted by molar-refractivity contribution is 5.85. The van der Waals surface area contributed by atoms with Crippen molar-refractivity contribution in [3.8, 4) is 5.75 Å². The average molecular weight is 344 g/mol. The molecule has 1 amide bonds. The van der Waals surface area contributed by atoms with E-state index in [-0.39, 0.29) is 5.91 Å². The van der Waals surface area contributed by atoms with Gasteiger partial charge in [-0.2, -0.15) is 0 Å². The zero-order chi connectivity index (χ0) is 17.2. The topological polar surface area (TPSA) is 63.8 Å². The number of nitrogens with one attached hydrogen (secondary N) is 1. The van der Waals surface area contributed by atoms with E-state index in [1.165, 1.54) is 10.9 Å². The standard InChI is InChI=1S/C19H24N2O4/c1-23-14-2-3-17-15(10-14)16(11-20-17)13-4-6-21(7-5-13)19(22)18-12-24-8-9-25-18/h2-3,10-11,13,18,20H,4-9,12H2,1H3/t18-/m0/s1. The Balaban J connectivity index is 1.44. The number of rotatable bonds is 3. The molecule has 0 saturated carbocycles. The molecule has 6 nitrogen and oxygen atoms in total. The van der Waals surface area contributed by atoms with Gasteiger partial charge in [0.1, 0.15) is 5.75 Å². The van der Waals surface area contributed by atoms with Crippen LogP contribution in [-0.2, 0) is 14.3 Å². The van der Waals surface area contributed by atoms with E-state index in [2.05, 4.69) is 23.3 Å². The summed E-state index contributed by atoms with van der Waals surface area (Å²) in [6, 6.07) is 6.11. The van der Waals surface area contributed by atoms with Crippen molar-refractivity contribution in [1.82, 2.24) is 9.88 Å². The van der Waals surface area contributed by atoms with E-state index in [0.29, 0.717) is 25.7 Å². The number of H-pyrrole nitrogens is 1. The van der Waals surface area contributed by atoms with Crippen molar-refractivity contribution in [2.24, 2.45) is 0 Å². The quantitative estimate of drug-likeness (QED) is 0.928. The molecule has 0 spiro atoms. The van der Waals surface area contributed by atoms with Gasteiger partial charge in [0.15, 0.2) is 6.10 Å². The first-order valence-corrected chi connectivity index (χ1v) is 8.89. The van der Waals surface area contributed by atoms with E-state index < -0.39 is 6.10 Å². The highest BCUT2D eigenvalue weighted by atomic mass is 16.6. The van der Waals surface area contributed by atoms with Crippen molar-refractivity contribution in [2.75, 3.05) is 40.0 Å². The van der Waals surface area contributed by atoms with E-state index in [4.69, 9.17) is 14.2 Å². The van der Waals surface area contributed by atoms with Gasteiger partial charge in [-0.25, -0.2) is 0 Å². The molecule has 0 unspecified atom stereocenters. The van der Waals surface area contributed by atoms with Gasteiger partial charge in [-0.05, 0) is 42.5 Å². The summed E-state index contributed by atoms with van der Waals surface area (Å²) in [6.07, 6.45) is 3.60. The maximum atomic E-state index is 12.5. The summed E-state index contributed by atoms with van der Waals surface area (Å²) in [4.78, 5) is 17.8. The molecule has 2 fully saturated rings. The summed E-state index contributed by atoms with van der Waals surface area (Å²) in [7, 11) is 1.69. The Labute approximate surface area is 147 Å². The Morgan fingerprint density at radius 1 is 1.28 bits per heavy atom. The number of methoxy groups -OCH3 is 1. The Morgan fingerprint density at radius 3 is 2.84 bits per heavy atom. The largest absolute Gasteiger partial charge is 0.497 e. The number of likely N-dealkylation sites (tertiary alicyclic amines) is 1. The fraction of sp³-hybridized carbons (Fsp3) is 0.526. The van der Waals surface area contributed by atoms with Crippen LogP contribution in [0.4, 0.5) is 0 Å². The number of piperidine rings is 1. The second-order valence-electron chi connectivity index (χ2n) is 6.69. The lowest BCUT2D eigenvalue weighted by atomic mass is 9.89. The van der Waals surface area contributed by atoms with Crippen LogP contribution >= 0.6 is 0 Å². The van der Waals surface area contributed by atoms with Crippen LogP contribution in [0.2, 0.25) is 0 Å². The van der Waals surface area contributed by atoms with E-state index in [1.807, 2.05) is 11.0 Å². The molecule has 2 saturated heterocycles. The molecule has 1 N–H and O–H groups in total. The molecule has 1 atom stereocenters. The molecule has 2 aliphatic heterocycles. The van der Waals surface area contributed by atoms with Crippen LogP contribution < -0.4 is 4.74 Å². The Hall–Kier alpha value is -2.05. The summed E-state index contributed by atoms with van der Waals surface area (Å²) >= 11 is 0. The van der Waals surface area contributed by atoms with E-state index in [0.717, 1.165) is 37.2 Å². The zero-order valence-electron chi connectivity index (χ0n) is 14.5. The zero-order valence-corrected chi connectivity index (χ0v) is 14.5. The minimum absolute atomic E-state index is 0.0683. The number of aromatic nitrogens is 1. The summed E-state index contributed by atoms with van der Waals surface area (Å²) < 4.78 is 16.3. The van der Waals surface area contributed by atoms with Gasteiger partial charge in [0, 0.05) is 30.2 Å². The third kappa shape index (κ3) is 3.24. The molecular formula is C19H24N2O4. The highest BCUT2D eigenvalue weighted by Gasteiger charge is 2.31. The lowest BCUT2D eigenvalue weighted by Gasteiger charge is -2.35. The maximum absolute atomic E-state index is 12.5. The fourth-order valence-electron chi connectivity index (χ4n) is 3.83. The lowest BCUT2D eigenvalue weighted by Crippen LogP contribution is -2.47. The highest BCUT2D eigenvalue weighted by Crippen LogP contribution is 2.34. The van der Waals surface area contributed by atoms with Crippen LogP contribution in [0.3, 0.4) is 0 Å². The van der Waals surface area contributed by atoms with Crippen molar-refractivity contribution in [2.45, 2.75) is 24.9 Å². The first kappa shape index (κ1) is 16.4. The molecule has 1 aromatic heterocycles. The SMILES string of the molecule is COc1ccc2[nH]cc(C3CCN(C(=O)[C@@H]4COCCO4)CC3)c2c1. The first-order chi connectivity index (χ1) is 12.3. The second-order valence-corrected chi connectivity index (χ2v) is 6.69. The molecule has 134 valence electrons. The molecule has 0 bridgehead atoms. The second kappa shape index (κ2) is 7.06. The average Bonchev–Trinajstić information content (AvgIpc) is 3.11. The van der Waals surface area contributed by atoms with Gasteiger partial charge in [-0.3, -0.25) is 4.79 Å². The van der Waals surface area contributed by atoms with Gasteiger partial charge in [-0.15, -0.1) is 0 Å². The van der Waals surface area contributed by atoms with E-state index in [9.17, 15) is 4.79 Å². The van der Waals surface area contributed by atoms with Crippen LogP contribution in [0.15, 0.2) is 24.4 Å². The van der Waals surface area contributed by atoms with Gasteiger partial charge >= 0.3 is 0 Å². The van der Waals surface area contributed by atoms with Crippen LogP contribution in [0.25, 0.3) is 10.9 Å². The van der Waals surface area contributed by atoms with E-state index in [1.54, 1.807) is 7.11 Å². The van der Waals surface area contributed by atoms with Crippen molar-refractivity contribution in [1.29, 1.82) is 0 Å². The van der Waals surface area contributed by atoms with Crippen LogP contribution in [0.1, 0.15) is 24.3 Å². The maximum Gasteiger partial charge on any atom is 0.254 e. The third-order valence-electron chi connectivity index (χ3n) is 5.26. The van der Waals surface area contributed by atoms with Crippen LogP contribution in [0.5, 0.6) is 5.75 Å². The summed E-state index contributed by atoms with van der Waals surface area (Å²) in [6.45, 7) is 2.99. The predicted octanol–water partition coefficient (Wildman–Crippen LogP) is 2.30. The van der Waals surface area contributed by atoms with E-state index >= 15 is 0 Å². The van der Waals surface area contributed by atoms with Crippen molar-refractivity contribution < 1.29 is 19.0 Å². The number of carbonyl (C=O) groups is 1. The molecule has 25 heavy (non-hydrogen) atoms. The minimum Gasteiger partial charge on any atom is -0.497 e. The molecule has 2 aromatic rings. The number of benzene rings is 1. The Morgan fingerprint density at radius 2 is 2.12 bits per heavy atom. The summed E-state index contributed by atoms with van der Waals surface area (Å²) in [5, 5.41) is 1.22. The van der Waals surface area contributed by atoms with Gasteiger partial charge < -0.3 is 24.1 Å². The van der Waals surface area contributed by atoms with Gasteiger partial charge in [0.25, 0.3) is 5.91 Å².